The quantitative estimate of drug-likeness (QED) is 0.524. The van der Waals surface area contributed by atoms with Crippen LogP contribution in [-0.4, -0.2) is 22.0 Å². The Labute approximate surface area is 130 Å². The van der Waals surface area contributed by atoms with Crippen LogP contribution in [0.5, 0.6) is 0 Å². The van der Waals surface area contributed by atoms with Gasteiger partial charge in [-0.1, -0.05) is 30.3 Å². The van der Waals surface area contributed by atoms with Crippen molar-refractivity contribution in [2.24, 2.45) is 0 Å². The fraction of sp³-hybridized carbons (Fsp3) is 0. The van der Waals surface area contributed by atoms with Crippen LogP contribution in [-0.2, 0) is 4.29 Å². The van der Waals surface area contributed by atoms with E-state index < -0.39 is 11.1 Å². The van der Waals surface area contributed by atoms with E-state index in [0.29, 0.717) is 11.1 Å². The van der Waals surface area contributed by atoms with Crippen molar-refractivity contribution in [3.63, 3.8) is 0 Å². The Morgan fingerprint density at radius 2 is 1.45 bits per heavy atom. The van der Waals surface area contributed by atoms with E-state index in [1.165, 1.54) is 24.3 Å². The third-order valence-corrected chi connectivity index (χ3v) is 2.57. The average Bonchev–Trinajstić information content (AvgIpc) is 2.55. The molecule has 0 aromatic heterocycles. The van der Waals surface area contributed by atoms with Gasteiger partial charge in [-0.15, -0.1) is 0 Å². The molecule has 0 amide bonds. The maximum Gasteiger partial charge on any atom is 0.524 e. The van der Waals surface area contributed by atoms with Crippen molar-refractivity contribution in [1.82, 2.24) is 0 Å². The van der Waals surface area contributed by atoms with Crippen LogP contribution in [0.3, 0.4) is 0 Å². The molecule has 0 saturated heterocycles. The van der Waals surface area contributed by atoms with E-state index in [0.717, 1.165) is 0 Å². The first-order chi connectivity index (χ1) is 10.5. The van der Waals surface area contributed by atoms with Crippen molar-refractivity contribution in [3.05, 3.63) is 75.8 Å². The minimum Gasteiger partial charge on any atom is -0.449 e. The van der Waals surface area contributed by atoms with Gasteiger partial charge >= 0.3 is 6.16 Å². The number of hydrogen-bond acceptors (Lipinski definition) is 5. The van der Waals surface area contributed by atoms with Gasteiger partial charge in [0.2, 0.25) is 0 Å². The smallest absolute Gasteiger partial charge is 0.449 e. The van der Waals surface area contributed by atoms with E-state index in [2.05, 4.69) is 16.2 Å². The lowest BCUT2D eigenvalue weighted by Gasteiger charge is -2.00. The summed E-state index contributed by atoms with van der Waals surface area (Å²) in [5.41, 5.74) is 0.998. The summed E-state index contributed by atoms with van der Waals surface area (Å²) < 4.78 is 3.14. The first-order valence-corrected chi connectivity index (χ1v) is 6.12. The van der Waals surface area contributed by atoms with Crippen molar-refractivity contribution in [2.75, 3.05) is 0 Å². The van der Waals surface area contributed by atoms with Gasteiger partial charge in [-0.3, -0.25) is 14.9 Å². The van der Waals surface area contributed by atoms with Crippen molar-refractivity contribution >= 4 is 29.5 Å². The third-order valence-electron chi connectivity index (χ3n) is 2.44. The third kappa shape index (κ3) is 5.22. The van der Waals surface area contributed by atoms with E-state index in [9.17, 15) is 14.9 Å². The number of nitrogens with zero attached hydrogens (tertiary/aromatic N) is 1. The number of benzene rings is 2. The van der Waals surface area contributed by atoms with E-state index in [-0.39, 0.29) is 11.5 Å². The number of carboxylic acid groups (broad SMARTS) is 1. The molecule has 0 spiro atoms. The number of hydrogen-bond donors (Lipinski definition) is 1. The van der Waals surface area contributed by atoms with Gasteiger partial charge in [-0.05, 0) is 12.1 Å². The number of halogens is 1. The summed E-state index contributed by atoms with van der Waals surface area (Å²) in [5.74, 6) is -0.138. The van der Waals surface area contributed by atoms with Crippen LogP contribution in [0, 0.1) is 10.1 Å². The van der Waals surface area contributed by atoms with Crippen molar-refractivity contribution in [1.29, 1.82) is 0 Å². The van der Waals surface area contributed by atoms with E-state index in [1.54, 1.807) is 24.3 Å². The Morgan fingerprint density at radius 3 is 1.86 bits per heavy atom. The number of carbonyl (C=O) groups excluding carboxylic acids is 1. The van der Waals surface area contributed by atoms with Gasteiger partial charge in [0.05, 0.1) is 4.92 Å². The predicted octanol–water partition coefficient (Wildman–Crippen LogP) is 3.66. The largest absolute Gasteiger partial charge is 0.524 e. The molecule has 0 atom stereocenters. The number of ketones is 1. The zero-order valence-corrected chi connectivity index (χ0v) is 11.8. The van der Waals surface area contributed by atoms with Gasteiger partial charge in [0.15, 0.2) is 5.78 Å². The second kappa shape index (κ2) is 8.38. The molecule has 8 heteroatoms. The average molecular weight is 324 g/mol. The topological polar surface area (TPSA) is 107 Å². The molecule has 0 saturated carbocycles. The summed E-state index contributed by atoms with van der Waals surface area (Å²) >= 11 is 4.24. The predicted molar refractivity (Wildman–Crippen MR) is 77.9 cm³/mol. The Hall–Kier alpha value is -2.93. The minimum absolute atomic E-state index is 0.0189. The Balaban J connectivity index is 0.000000422. The highest BCUT2D eigenvalue weighted by molar-refractivity contribution is 6.12. The molecule has 0 aliphatic carbocycles. The van der Waals surface area contributed by atoms with Crippen LogP contribution in [0.15, 0.2) is 54.6 Å². The molecular weight excluding hydrogens is 314 g/mol. The van der Waals surface area contributed by atoms with Crippen LogP contribution in [0.2, 0.25) is 0 Å². The van der Waals surface area contributed by atoms with Gasteiger partial charge < -0.3 is 9.40 Å². The maximum absolute atomic E-state index is 12.0. The monoisotopic (exact) mass is 323 g/mol. The normalized spacial score (nSPS) is 9.14. The zero-order valence-electron chi connectivity index (χ0n) is 11.0. The van der Waals surface area contributed by atoms with Crippen LogP contribution in [0.4, 0.5) is 10.5 Å². The Kier molecular flexibility index (Phi) is 6.52. The molecule has 0 unspecified atom stereocenters. The molecule has 0 aliphatic heterocycles. The van der Waals surface area contributed by atoms with Crippen LogP contribution in [0.25, 0.3) is 0 Å². The summed E-state index contributed by atoms with van der Waals surface area (Å²) in [5, 5.41) is 17.8. The summed E-state index contributed by atoms with van der Waals surface area (Å²) in [6.45, 7) is 0. The zero-order chi connectivity index (χ0) is 16.5. The SMILES string of the molecule is O=C(O)OCl.O=C(c1ccccc1)c1ccc([N+](=O)[O-])cc1. The lowest BCUT2D eigenvalue weighted by atomic mass is 10.0. The number of nitro groups is 1. The molecule has 2 rings (SSSR count). The minimum atomic E-state index is -1.48. The molecule has 0 heterocycles. The van der Waals surface area contributed by atoms with Crippen molar-refractivity contribution < 1.29 is 23.9 Å². The molecule has 22 heavy (non-hydrogen) atoms. The highest BCUT2D eigenvalue weighted by Gasteiger charge is 2.10. The van der Waals surface area contributed by atoms with Gasteiger partial charge in [-0.2, -0.15) is 0 Å². The number of rotatable bonds is 3. The highest BCUT2D eigenvalue weighted by atomic mass is 35.5. The fourth-order valence-electron chi connectivity index (χ4n) is 1.49. The van der Waals surface area contributed by atoms with E-state index in [1.807, 2.05) is 6.07 Å². The summed E-state index contributed by atoms with van der Waals surface area (Å²) in [6, 6.07) is 14.4. The molecule has 7 nitrogen and oxygen atoms in total. The second-order valence-corrected chi connectivity index (χ2v) is 4.00. The van der Waals surface area contributed by atoms with Crippen LogP contribution < -0.4 is 0 Å². The molecule has 0 bridgehead atoms. The van der Waals surface area contributed by atoms with Crippen molar-refractivity contribution in [3.8, 4) is 0 Å². The fourth-order valence-corrected chi connectivity index (χ4v) is 1.49. The van der Waals surface area contributed by atoms with Gasteiger partial charge in [-0.25, -0.2) is 4.79 Å². The Bertz CT molecular complexity index is 657. The molecule has 1 N–H and O–H groups in total. The first-order valence-electron chi connectivity index (χ1n) is 5.81. The summed E-state index contributed by atoms with van der Waals surface area (Å²) in [4.78, 5) is 31.0. The molecule has 0 radical (unpaired) electrons. The standard InChI is InChI=1S/C13H9NO3.CHClO3/c15-13(10-4-2-1-3-5-10)11-6-8-12(9-7-11)14(16)17;2-5-1(3)4/h1-9H;(H,3,4). The van der Waals surface area contributed by atoms with E-state index in [4.69, 9.17) is 9.90 Å². The van der Waals surface area contributed by atoms with Gasteiger partial charge in [0.25, 0.3) is 5.69 Å². The van der Waals surface area contributed by atoms with Crippen LogP contribution >= 0.6 is 11.9 Å². The summed E-state index contributed by atoms with van der Waals surface area (Å²) in [6.07, 6.45) is -1.48. The molecule has 0 aliphatic rings. The molecule has 2 aromatic rings. The molecule has 2 aromatic carbocycles. The second-order valence-electron chi connectivity index (χ2n) is 3.84. The van der Waals surface area contributed by atoms with Gasteiger partial charge in [0, 0.05) is 23.3 Å². The lowest BCUT2D eigenvalue weighted by molar-refractivity contribution is -0.384. The highest BCUT2D eigenvalue weighted by Crippen LogP contribution is 2.15. The number of carbonyl (C=O) groups is 2. The summed E-state index contributed by atoms with van der Waals surface area (Å²) in [7, 11) is 0. The van der Waals surface area contributed by atoms with Crippen LogP contribution in [0.1, 0.15) is 15.9 Å². The molecule has 114 valence electrons. The molecular formula is C14H10ClNO6. The Morgan fingerprint density at radius 1 is 1.00 bits per heavy atom. The van der Waals surface area contributed by atoms with Gasteiger partial charge in [0.1, 0.15) is 11.9 Å². The van der Waals surface area contributed by atoms with E-state index >= 15 is 0 Å². The lowest BCUT2D eigenvalue weighted by Crippen LogP contribution is -2.00. The number of non-ortho nitro benzene ring substituents is 1. The maximum atomic E-state index is 12.0. The molecule has 0 fully saturated rings. The number of nitro benzene ring substituents is 1. The van der Waals surface area contributed by atoms with Crippen molar-refractivity contribution in [2.45, 2.75) is 0 Å². The first kappa shape index (κ1) is 17.1.